The summed E-state index contributed by atoms with van der Waals surface area (Å²) >= 11 is 0. The van der Waals surface area contributed by atoms with Crippen molar-refractivity contribution in [2.45, 2.75) is 65.1 Å². The van der Waals surface area contributed by atoms with Crippen molar-refractivity contribution in [2.75, 3.05) is 0 Å². The van der Waals surface area contributed by atoms with E-state index in [0.717, 1.165) is 6.42 Å². The van der Waals surface area contributed by atoms with Crippen molar-refractivity contribution in [2.24, 2.45) is 5.92 Å². The number of hydrogen-bond donors (Lipinski definition) is 1. The molecule has 0 aliphatic carbocycles. The minimum absolute atomic E-state index is 0.102. The summed E-state index contributed by atoms with van der Waals surface area (Å²) in [6.45, 7) is 7.41. The van der Waals surface area contributed by atoms with Gasteiger partial charge in [0.15, 0.2) is 0 Å². The summed E-state index contributed by atoms with van der Waals surface area (Å²) in [5, 5.41) is 10.7. The molecule has 1 aromatic carbocycles. The van der Waals surface area contributed by atoms with Crippen LogP contribution in [0.1, 0.15) is 52.5 Å². The van der Waals surface area contributed by atoms with Crippen LogP contribution in [0.5, 0.6) is 5.75 Å². The van der Waals surface area contributed by atoms with Crippen molar-refractivity contribution in [3.05, 3.63) is 29.8 Å². The SMILES string of the molecule is CCC(C)Oc1ccc(C(O)(CC)C(CC)C(F)F)cc1. The summed E-state index contributed by atoms with van der Waals surface area (Å²) in [7, 11) is 0. The Morgan fingerprint density at radius 2 is 1.67 bits per heavy atom. The number of alkyl halides is 2. The minimum atomic E-state index is -2.55. The zero-order valence-corrected chi connectivity index (χ0v) is 13.3. The van der Waals surface area contributed by atoms with Crippen LogP contribution in [0.3, 0.4) is 0 Å². The maximum absolute atomic E-state index is 13.2. The van der Waals surface area contributed by atoms with Crippen molar-refractivity contribution >= 4 is 0 Å². The Bertz CT molecular complexity index is 419. The molecule has 0 radical (unpaired) electrons. The Balaban J connectivity index is 3.01. The smallest absolute Gasteiger partial charge is 0.244 e. The molecule has 1 rings (SSSR count). The second kappa shape index (κ2) is 7.74. The zero-order valence-electron chi connectivity index (χ0n) is 13.3. The maximum atomic E-state index is 13.2. The molecule has 2 nitrogen and oxygen atoms in total. The van der Waals surface area contributed by atoms with Crippen LogP contribution in [0.2, 0.25) is 0 Å². The third-order valence-corrected chi connectivity index (χ3v) is 4.16. The van der Waals surface area contributed by atoms with Crippen molar-refractivity contribution < 1.29 is 18.6 Å². The first-order valence-electron chi connectivity index (χ1n) is 7.66. The molecular weight excluding hydrogens is 274 g/mol. The molecule has 0 aliphatic rings. The molecule has 4 heteroatoms. The van der Waals surface area contributed by atoms with Gasteiger partial charge in [-0.2, -0.15) is 0 Å². The predicted molar refractivity (Wildman–Crippen MR) is 80.8 cm³/mol. The highest BCUT2D eigenvalue weighted by molar-refractivity contribution is 5.31. The molecule has 0 bridgehead atoms. The summed E-state index contributed by atoms with van der Waals surface area (Å²) in [5.41, 5.74) is -0.980. The average Bonchev–Trinajstić information content (AvgIpc) is 2.47. The molecule has 0 saturated carbocycles. The maximum Gasteiger partial charge on any atom is 0.244 e. The first-order valence-corrected chi connectivity index (χ1v) is 7.66. The van der Waals surface area contributed by atoms with Gasteiger partial charge in [0.1, 0.15) is 5.75 Å². The topological polar surface area (TPSA) is 29.5 Å². The molecule has 0 aliphatic heterocycles. The number of hydrogen-bond acceptors (Lipinski definition) is 2. The minimum Gasteiger partial charge on any atom is -0.491 e. The van der Waals surface area contributed by atoms with E-state index in [4.69, 9.17) is 4.74 Å². The highest BCUT2D eigenvalue weighted by atomic mass is 19.3. The Labute approximate surface area is 126 Å². The lowest BCUT2D eigenvalue weighted by Crippen LogP contribution is -2.38. The van der Waals surface area contributed by atoms with Gasteiger partial charge in [0.05, 0.1) is 17.6 Å². The van der Waals surface area contributed by atoms with Crippen molar-refractivity contribution in [3.8, 4) is 5.75 Å². The molecule has 0 fully saturated rings. The lowest BCUT2D eigenvalue weighted by atomic mass is 9.78. The number of aliphatic hydroxyl groups is 1. The Morgan fingerprint density at radius 3 is 2.05 bits per heavy atom. The standard InChI is InChI=1S/C17H26F2O2/c1-5-12(4)21-14-10-8-13(9-11-14)17(20,7-3)15(6-2)16(18)19/h8-12,15-16,20H,5-7H2,1-4H3. The molecular formula is C17H26F2O2. The van der Waals surface area contributed by atoms with Crippen LogP contribution >= 0.6 is 0 Å². The average molecular weight is 300 g/mol. The Morgan fingerprint density at radius 1 is 1.10 bits per heavy atom. The highest BCUT2D eigenvalue weighted by Crippen LogP contribution is 2.39. The van der Waals surface area contributed by atoms with Gasteiger partial charge in [0.2, 0.25) is 6.43 Å². The normalized spacial score (nSPS) is 17.3. The molecule has 3 unspecified atom stereocenters. The molecule has 0 spiro atoms. The van der Waals surface area contributed by atoms with Gasteiger partial charge < -0.3 is 9.84 Å². The summed E-state index contributed by atoms with van der Waals surface area (Å²) < 4.78 is 32.0. The fourth-order valence-electron chi connectivity index (χ4n) is 2.54. The summed E-state index contributed by atoms with van der Waals surface area (Å²) in [6, 6.07) is 6.85. The van der Waals surface area contributed by atoms with Gasteiger partial charge in [-0.3, -0.25) is 0 Å². The van der Waals surface area contributed by atoms with Crippen molar-refractivity contribution in [3.63, 3.8) is 0 Å². The molecule has 0 amide bonds. The number of rotatable bonds is 8. The second-order valence-corrected chi connectivity index (χ2v) is 5.49. The quantitative estimate of drug-likeness (QED) is 0.750. The van der Waals surface area contributed by atoms with Crippen LogP contribution in [-0.4, -0.2) is 17.6 Å². The van der Waals surface area contributed by atoms with E-state index in [0.29, 0.717) is 11.3 Å². The molecule has 1 N–H and O–H groups in total. The van der Waals surface area contributed by atoms with Gasteiger partial charge in [-0.15, -0.1) is 0 Å². The van der Waals surface area contributed by atoms with Crippen molar-refractivity contribution in [1.82, 2.24) is 0 Å². The largest absolute Gasteiger partial charge is 0.491 e. The Hall–Kier alpha value is -1.16. The molecule has 3 atom stereocenters. The van der Waals surface area contributed by atoms with Gasteiger partial charge in [0, 0.05) is 0 Å². The summed E-state index contributed by atoms with van der Waals surface area (Å²) in [4.78, 5) is 0. The van der Waals surface area contributed by atoms with Gasteiger partial charge in [-0.1, -0.05) is 32.9 Å². The van der Waals surface area contributed by atoms with Crippen LogP contribution in [0.15, 0.2) is 24.3 Å². The predicted octanol–water partition coefficient (Wildman–Crippen LogP) is 4.75. The van der Waals surface area contributed by atoms with E-state index in [1.54, 1.807) is 38.1 Å². The fraction of sp³-hybridized carbons (Fsp3) is 0.647. The van der Waals surface area contributed by atoms with Crippen LogP contribution < -0.4 is 4.74 Å². The van der Waals surface area contributed by atoms with E-state index in [9.17, 15) is 13.9 Å². The molecule has 21 heavy (non-hydrogen) atoms. The lowest BCUT2D eigenvalue weighted by molar-refractivity contribution is -0.0944. The van der Waals surface area contributed by atoms with Crippen LogP contribution in [0.4, 0.5) is 8.78 Å². The van der Waals surface area contributed by atoms with E-state index in [1.807, 2.05) is 13.8 Å². The van der Waals surface area contributed by atoms with Crippen molar-refractivity contribution in [1.29, 1.82) is 0 Å². The molecule has 0 aromatic heterocycles. The van der Waals surface area contributed by atoms with Crippen LogP contribution in [-0.2, 0) is 5.60 Å². The first kappa shape index (κ1) is 17.9. The molecule has 120 valence electrons. The van der Waals surface area contributed by atoms with E-state index in [1.165, 1.54) is 0 Å². The molecule has 0 saturated heterocycles. The molecule has 0 heterocycles. The second-order valence-electron chi connectivity index (χ2n) is 5.49. The van der Waals surface area contributed by atoms with Crippen LogP contribution in [0.25, 0.3) is 0 Å². The third kappa shape index (κ3) is 4.16. The number of halogens is 2. The van der Waals surface area contributed by atoms with Gasteiger partial charge in [-0.25, -0.2) is 8.78 Å². The van der Waals surface area contributed by atoms with E-state index >= 15 is 0 Å². The third-order valence-electron chi connectivity index (χ3n) is 4.16. The van der Waals surface area contributed by atoms with E-state index in [2.05, 4.69) is 0 Å². The van der Waals surface area contributed by atoms with Gasteiger partial charge in [0.25, 0.3) is 0 Å². The first-order chi connectivity index (χ1) is 9.88. The van der Waals surface area contributed by atoms with Gasteiger partial charge >= 0.3 is 0 Å². The number of benzene rings is 1. The van der Waals surface area contributed by atoms with E-state index < -0.39 is 17.9 Å². The number of ether oxygens (including phenoxy) is 1. The van der Waals surface area contributed by atoms with Gasteiger partial charge in [-0.05, 0) is 43.9 Å². The zero-order chi connectivity index (χ0) is 16.0. The molecule has 1 aromatic rings. The summed E-state index contributed by atoms with van der Waals surface area (Å²) in [6.07, 6.45) is -1.07. The van der Waals surface area contributed by atoms with Crippen LogP contribution in [0, 0.1) is 5.92 Å². The highest BCUT2D eigenvalue weighted by Gasteiger charge is 2.41. The van der Waals surface area contributed by atoms with E-state index in [-0.39, 0.29) is 18.9 Å². The Kier molecular flexibility index (Phi) is 6.59. The lowest BCUT2D eigenvalue weighted by Gasteiger charge is -2.35. The monoisotopic (exact) mass is 300 g/mol. The fourth-order valence-corrected chi connectivity index (χ4v) is 2.54. The summed E-state index contributed by atoms with van der Waals surface area (Å²) in [5.74, 6) is -0.375.